The van der Waals surface area contributed by atoms with E-state index in [4.69, 9.17) is 21.1 Å². The van der Waals surface area contributed by atoms with Gasteiger partial charge in [-0.1, -0.05) is 41.9 Å². The van der Waals surface area contributed by atoms with Gasteiger partial charge in [-0.2, -0.15) is 5.10 Å². The van der Waals surface area contributed by atoms with Crippen LogP contribution < -0.4 is 14.9 Å². The molecule has 0 heterocycles. The van der Waals surface area contributed by atoms with Gasteiger partial charge < -0.3 is 9.47 Å². The number of nitrogens with one attached hydrogen (secondary N) is 1. The van der Waals surface area contributed by atoms with Gasteiger partial charge in [0.15, 0.2) is 0 Å². The van der Waals surface area contributed by atoms with E-state index in [-0.39, 0.29) is 18.9 Å². The molecule has 4 aromatic carbocycles. The van der Waals surface area contributed by atoms with Gasteiger partial charge in [-0.15, -0.1) is 0 Å². The van der Waals surface area contributed by atoms with E-state index in [1.807, 2.05) is 18.2 Å². The van der Waals surface area contributed by atoms with Crippen LogP contribution in [0.15, 0.2) is 101 Å². The van der Waals surface area contributed by atoms with Crippen LogP contribution in [0.1, 0.15) is 27.0 Å². The summed E-state index contributed by atoms with van der Waals surface area (Å²) in [5, 5.41) is 15.4. The van der Waals surface area contributed by atoms with Crippen molar-refractivity contribution in [2.45, 2.75) is 13.2 Å². The standard InChI is InChI=1S/C28H21BrClN3O5/c29-24-15-20(11-14-27(24)37-17-19-9-12-22(13-10-19)33(35)36)16-31-32-28(34)23-6-2-4-8-26(23)38-18-21-5-1-3-7-25(21)30/h1-16H,17-18H2,(H,32,34)/b31-16+. The number of amides is 1. The van der Waals surface area contributed by atoms with Gasteiger partial charge in [0, 0.05) is 22.7 Å². The van der Waals surface area contributed by atoms with Gasteiger partial charge in [0.05, 0.1) is 21.2 Å². The van der Waals surface area contributed by atoms with E-state index in [1.54, 1.807) is 60.7 Å². The Bertz CT molecular complexity index is 1480. The lowest BCUT2D eigenvalue weighted by Crippen LogP contribution is -2.18. The third-order valence-electron chi connectivity index (χ3n) is 5.35. The van der Waals surface area contributed by atoms with E-state index < -0.39 is 10.8 Å². The summed E-state index contributed by atoms with van der Waals surface area (Å²) in [4.78, 5) is 23.1. The average Bonchev–Trinajstić information content (AvgIpc) is 2.92. The van der Waals surface area contributed by atoms with E-state index in [0.29, 0.717) is 26.6 Å². The van der Waals surface area contributed by atoms with E-state index >= 15 is 0 Å². The molecule has 0 spiro atoms. The minimum Gasteiger partial charge on any atom is -0.488 e. The molecule has 0 unspecified atom stereocenters. The minimum absolute atomic E-state index is 0.0266. The third-order valence-corrected chi connectivity index (χ3v) is 6.34. The largest absolute Gasteiger partial charge is 0.488 e. The quantitative estimate of drug-likeness (QED) is 0.122. The zero-order valence-electron chi connectivity index (χ0n) is 19.8. The lowest BCUT2D eigenvalue weighted by atomic mass is 10.2. The molecule has 0 saturated heterocycles. The molecule has 0 aromatic heterocycles. The summed E-state index contributed by atoms with van der Waals surface area (Å²) in [6.45, 7) is 0.470. The molecule has 4 aromatic rings. The zero-order valence-corrected chi connectivity index (χ0v) is 22.2. The lowest BCUT2D eigenvalue weighted by molar-refractivity contribution is -0.384. The topological polar surface area (TPSA) is 103 Å². The fourth-order valence-corrected chi connectivity index (χ4v) is 4.07. The Morgan fingerprint density at radius 1 is 0.947 bits per heavy atom. The van der Waals surface area contributed by atoms with Crippen molar-refractivity contribution in [1.82, 2.24) is 5.43 Å². The van der Waals surface area contributed by atoms with Crippen molar-refractivity contribution in [1.29, 1.82) is 0 Å². The molecule has 0 aliphatic carbocycles. The number of nitro benzene ring substituents is 1. The molecule has 0 aliphatic heterocycles. The Balaban J connectivity index is 1.33. The minimum atomic E-state index is -0.446. The second kappa shape index (κ2) is 12.8. The first-order valence-electron chi connectivity index (χ1n) is 11.3. The van der Waals surface area contributed by atoms with Crippen molar-refractivity contribution in [2.24, 2.45) is 5.10 Å². The van der Waals surface area contributed by atoms with Gasteiger partial charge in [-0.25, -0.2) is 5.43 Å². The number of hydrogen-bond donors (Lipinski definition) is 1. The Morgan fingerprint density at radius 3 is 2.39 bits per heavy atom. The summed E-state index contributed by atoms with van der Waals surface area (Å²) < 4.78 is 12.3. The van der Waals surface area contributed by atoms with Gasteiger partial charge in [-0.3, -0.25) is 14.9 Å². The molecule has 1 amide bonds. The van der Waals surface area contributed by atoms with Gasteiger partial charge in [-0.05, 0) is 75.6 Å². The predicted octanol–water partition coefficient (Wildman–Crippen LogP) is 6.93. The number of ether oxygens (including phenoxy) is 2. The summed E-state index contributed by atoms with van der Waals surface area (Å²) in [5.74, 6) is 0.588. The van der Waals surface area contributed by atoms with Crippen LogP contribution in [-0.2, 0) is 13.2 Å². The molecule has 0 atom stereocenters. The summed E-state index contributed by atoms with van der Waals surface area (Å²) in [6, 6.07) is 25.7. The van der Waals surface area contributed by atoms with Gasteiger partial charge in [0.2, 0.25) is 0 Å². The molecular weight excluding hydrogens is 574 g/mol. The molecule has 0 aliphatic rings. The Kier molecular flexibility index (Phi) is 9.07. The van der Waals surface area contributed by atoms with Crippen LogP contribution in [-0.4, -0.2) is 17.0 Å². The Hall–Kier alpha value is -4.21. The van der Waals surface area contributed by atoms with Gasteiger partial charge in [0.1, 0.15) is 24.7 Å². The maximum Gasteiger partial charge on any atom is 0.275 e. The average molecular weight is 595 g/mol. The predicted molar refractivity (Wildman–Crippen MR) is 149 cm³/mol. The van der Waals surface area contributed by atoms with Crippen LogP contribution >= 0.6 is 27.5 Å². The van der Waals surface area contributed by atoms with Crippen LogP contribution in [0.3, 0.4) is 0 Å². The van der Waals surface area contributed by atoms with Crippen LogP contribution in [0.5, 0.6) is 11.5 Å². The second-order valence-corrected chi connectivity index (χ2v) is 9.24. The van der Waals surface area contributed by atoms with E-state index in [2.05, 4.69) is 26.5 Å². The maximum atomic E-state index is 12.7. The highest BCUT2D eigenvalue weighted by Crippen LogP contribution is 2.27. The molecule has 0 radical (unpaired) electrons. The molecule has 0 bridgehead atoms. The van der Waals surface area contributed by atoms with Crippen molar-refractivity contribution in [3.63, 3.8) is 0 Å². The maximum absolute atomic E-state index is 12.7. The number of halogens is 2. The van der Waals surface area contributed by atoms with Crippen molar-refractivity contribution in [3.8, 4) is 11.5 Å². The number of para-hydroxylation sites is 1. The van der Waals surface area contributed by atoms with Crippen molar-refractivity contribution in [3.05, 3.63) is 133 Å². The second-order valence-electron chi connectivity index (χ2n) is 7.98. The lowest BCUT2D eigenvalue weighted by Gasteiger charge is -2.11. The first-order chi connectivity index (χ1) is 18.4. The van der Waals surface area contributed by atoms with E-state index in [1.165, 1.54) is 18.3 Å². The highest BCUT2D eigenvalue weighted by Gasteiger charge is 2.12. The molecule has 38 heavy (non-hydrogen) atoms. The molecule has 8 nitrogen and oxygen atoms in total. The Labute approximate surface area is 232 Å². The van der Waals surface area contributed by atoms with Gasteiger partial charge in [0.25, 0.3) is 11.6 Å². The Morgan fingerprint density at radius 2 is 1.66 bits per heavy atom. The number of carbonyl (C=O) groups is 1. The summed E-state index contributed by atoms with van der Waals surface area (Å²) in [5.41, 5.74) is 5.22. The molecule has 1 N–H and O–H groups in total. The van der Waals surface area contributed by atoms with Crippen molar-refractivity contribution < 1.29 is 19.2 Å². The molecule has 4 rings (SSSR count). The summed E-state index contributed by atoms with van der Waals surface area (Å²) in [6.07, 6.45) is 1.51. The monoisotopic (exact) mass is 593 g/mol. The first-order valence-corrected chi connectivity index (χ1v) is 12.5. The summed E-state index contributed by atoms with van der Waals surface area (Å²) in [7, 11) is 0. The summed E-state index contributed by atoms with van der Waals surface area (Å²) >= 11 is 9.66. The smallest absolute Gasteiger partial charge is 0.275 e. The molecule has 0 saturated carbocycles. The normalized spacial score (nSPS) is 10.8. The van der Waals surface area contributed by atoms with Crippen LogP contribution in [0.2, 0.25) is 5.02 Å². The number of hydrogen-bond acceptors (Lipinski definition) is 6. The molecule has 192 valence electrons. The fourth-order valence-electron chi connectivity index (χ4n) is 3.37. The van der Waals surface area contributed by atoms with Crippen LogP contribution in [0.4, 0.5) is 5.69 Å². The zero-order chi connectivity index (χ0) is 26.9. The number of carbonyl (C=O) groups excluding carboxylic acids is 1. The van der Waals surface area contributed by atoms with Crippen LogP contribution in [0, 0.1) is 10.1 Å². The SMILES string of the molecule is O=C(N/N=C/c1ccc(OCc2ccc([N+](=O)[O-])cc2)c(Br)c1)c1ccccc1OCc1ccccc1Cl. The first kappa shape index (κ1) is 26.8. The number of non-ortho nitro benzene ring substituents is 1. The highest BCUT2D eigenvalue weighted by atomic mass is 79.9. The number of benzene rings is 4. The number of nitrogens with zero attached hydrogens (tertiary/aromatic N) is 2. The fraction of sp³-hybridized carbons (Fsp3) is 0.0714. The van der Waals surface area contributed by atoms with Crippen molar-refractivity contribution in [2.75, 3.05) is 0 Å². The van der Waals surface area contributed by atoms with E-state index in [0.717, 1.165) is 16.7 Å². The third kappa shape index (κ3) is 7.18. The van der Waals surface area contributed by atoms with E-state index in [9.17, 15) is 14.9 Å². The molecule has 0 fully saturated rings. The van der Waals surface area contributed by atoms with Crippen molar-refractivity contribution >= 4 is 45.3 Å². The number of hydrazone groups is 1. The molecular formula is C28H21BrClN3O5. The van der Waals surface area contributed by atoms with Crippen LogP contribution in [0.25, 0.3) is 0 Å². The van der Waals surface area contributed by atoms with Gasteiger partial charge >= 0.3 is 0 Å². The highest BCUT2D eigenvalue weighted by molar-refractivity contribution is 9.10. The number of rotatable bonds is 10. The number of nitro groups is 1. The molecule has 10 heteroatoms.